The molecule has 1 unspecified atom stereocenters. The lowest BCUT2D eigenvalue weighted by atomic mass is 10.1. The minimum Gasteiger partial charge on any atom is -0.391 e. The van der Waals surface area contributed by atoms with Gasteiger partial charge in [0.2, 0.25) is 0 Å². The Kier molecular flexibility index (Phi) is 3.90. The Morgan fingerprint density at radius 2 is 2.00 bits per heavy atom. The highest BCUT2D eigenvalue weighted by Gasteiger charge is 2.31. The average Bonchev–Trinajstić information content (AvgIpc) is 3.33. The monoisotopic (exact) mass is 323 g/mol. The zero-order valence-corrected chi connectivity index (χ0v) is 13.7. The molecule has 2 heterocycles. The van der Waals surface area contributed by atoms with Crippen LogP contribution >= 0.6 is 0 Å². The molecule has 0 bridgehead atoms. The molecule has 2 aromatic heterocycles. The molecule has 2 atom stereocenters. The molecular weight excluding hydrogens is 302 g/mol. The lowest BCUT2D eigenvalue weighted by molar-refractivity contribution is 0.137. The van der Waals surface area contributed by atoms with Gasteiger partial charge in [-0.3, -0.25) is 0 Å². The normalized spacial score (nSPS) is 20.6. The van der Waals surface area contributed by atoms with Crippen LogP contribution in [-0.2, 0) is 6.54 Å². The molecule has 124 valence electrons. The average molecular weight is 323 g/mol. The van der Waals surface area contributed by atoms with E-state index in [4.69, 9.17) is 0 Å². The van der Waals surface area contributed by atoms with Crippen molar-refractivity contribution in [3.63, 3.8) is 0 Å². The van der Waals surface area contributed by atoms with Crippen LogP contribution in [0.25, 0.3) is 22.8 Å². The summed E-state index contributed by atoms with van der Waals surface area (Å²) in [6, 6.07) is 10.2. The van der Waals surface area contributed by atoms with E-state index in [0.717, 1.165) is 48.6 Å². The molecule has 1 aliphatic carbocycles. The summed E-state index contributed by atoms with van der Waals surface area (Å²) in [5.41, 5.74) is 2.87. The Labute approximate surface area is 140 Å². The first-order valence-corrected chi connectivity index (χ1v) is 8.48. The van der Waals surface area contributed by atoms with E-state index in [2.05, 4.69) is 19.6 Å². The van der Waals surface area contributed by atoms with E-state index in [1.165, 1.54) is 0 Å². The van der Waals surface area contributed by atoms with Crippen LogP contribution in [0.15, 0.2) is 43.0 Å². The first-order chi connectivity index (χ1) is 11.8. The summed E-state index contributed by atoms with van der Waals surface area (Å²) in [5, 5.41) is 14.7. The first-order valence-electron chi connectivity index (χ1n) is 8.48. The fourth-order valence-corrected chi connectivity index (χ4v) is 3.57. The van der Waals surface area contributed by atoms with Crippen LogP contribution in [0.5, 0.6) is 0 Å². The summed E-state index contributed by atoms with van der Waals surface area (Å²) >= 11 is 0. The van der Waals surface area contributed by atoms with Crippen molar-refractivity contribution in [2.45, 2.75) is 44.9 Å². The third-order valence-corrected chi connectivity index (χ3v) is 4.77. The van der Waals surface area contributed by atoms with Gasteiger partial charge in [-0.25, -0.2) is 14.6 Å². The molecule has 0 radical (unpaired) electrons. The van der Waals surface area contributed by atoms with Gasteiger partial charge in [0.1, 0.15) is 12.0 Å². The van der Waals surface area contributed by atoms with Crippen LogP contribution in [0, 0.1) is 0 Å². The Bertz CT molecular complexity index is 823. The topological polar surface area (TPSA) is 68.8 Å². The van der Waals surface area contributed by atoms with E-state index in [0.29, 0.717) is 0 Å². The molecule has 1 N–H and O–H groups in total. The van der Waals surface area contributed by atoms with Crippen molar-refractivity contribution in [1.29, 1.82) is 0 Å². The highest BCUT2D eigenvalue weighted by atomic mass is 16.3. The van der Waals surface area contributed by atoms with Crippen LogP contribution in [0.2, 0.25) is 0 Å². The fourth-order valence-electron chi connectivity index (χ4n) is 3.57. The maximum absolute atomic E-state index is 10.4. The Hall–Kier alpha value is -2.47. The molecule has 6 heteroatoms. The molecule has 1 saturated carbocycles. The van der Waals surface area contributed by atoms with Gasteiger partial charge in [0.25, 0.3) is 0 Å². The van der Waals surface area contributed by atoms with Gasteiger partial charge < -0.3 is 9.67 Å². The number of aliphatic hydroxyl groups is 1. The van der Waals surface area contributed by atoms with Crippen LogP contribution in [-0.4, -0.2) is 35.5 Å². The van der Waals surface area contributed by atoms with E-state index >= 15 is 0 Å². The second-order valence-corrected chi connectivity index (χ2v) is 6.18. The first kappa shape index (κ1) is 15.1. The van der Waals surface area contributed by atoms with Crippen molar-refractivity contribution in [1.82, 2.24) is 24.3 Å². The molecule has 0 spiro atoms. The standard InChI is InChI=1S/C18H21N5O/c1-2-23-18(19-11-21-23)17-16(13-7-4-3-5-8-13)20-12-22(17)14-9-6-10-15(14)24/h3-5,7-8,11-12,14-15,24H,2,6,9-10H2,1H3/t14?,15-/m1/s1. The second kappa shape index (κ2) is 6.20. The summed E-state index contributed by atoms with van der Waals surface area (Å²) in [4.78, 5) is 9.15. The van der Waals surface area contributed by atoms with Crippen LogP contribution in [0.3, 0.4) is 0 Å². The van der Waals surface area contributed by atoms with E-state index in [1.807, 2.05) is 48.3 Å². The molecule has 1 fully saturated rings. The number of aliphatic hydroxyl groups excluding tert-OH is 1. The Morgan fingerprint density at radius 1 is 1.17 bits per heavy atom. The lowest BCUT2D eigenvalue weighted by Crippen LogP contribution is -2.19. The van der Waals surface area contributed by atoms with E-state index < -0.39 is 0 Å². The highest BCUT2D eigenvalue weighted by molar-refractivity contribution is 5.75. The summed E-state index contributed by atoms with van der Waals surface area (Å²) in [5.74, 6) is 0.799. The SMILES string of the molecule is CCn1ncnc1-c1c(-c2ccccc2)ncn1C1CCC[C@H]1O. The zero-order valence-electron chi connectivity index (χ0n) is 13.7. The fraction of sp³-hybridized carbons (Fsp3) is 0.389. The minimum absolute atomic E-state index is 0.0481. The predicted molar refractivity (Wildman–Crippen MR) is 91.2 cm³/mol. The number of hydrogen-bond donors (Lipinski definition) is 1. The molecule has 0 amide bonds. The lowest BCUT2D eigenvalue weighted by Gasteiger charge is -2.19. The Morgan fingerprint density at radius 3 is 2.71 bits per heavy atom. The molecular formula is C18H21N5O. The zero-order chi connectivity index (χ0) is 16.5. The molecule has 4 rings (SSSR count). The molecule has 24 heavy (non-hydrogen) atoms. The van der Waals surface area contributed by atoms with Crippen molar-refractivity contribution < 1.29 is 5.11 Å². The quantitative estimate of drug-likeness (QED) is 0.801. The minimum atomic E-state index is -0.334. The van der Waals surface area contributed by atoms with Crippen molar-refractivity contribution >= 4 is 0 Å². The largest absolute Gasteiger partial charge is 0.391 e. The van der Waals surface area contributed by atoms with E-state index in [1.54, 1.807) is 6.33 Å². The van der Waals surface area contributed by atoms with Gasteiger partial charge in [-0.2, -0.15) is 5.10 Å². The van der Waals surface area contributed by atoms with Gasteiger partial charge in [0, 0.05) is 12.1 Å². The van der Waals surface area contributed by atoms with Gasteiger partial charge in [0.05, 0.1) is 24.2 Å². The second-order valence-electron chi connectivity index (χ2n) is 6.18. The number of imidazole rings is 1. The van der Waals surface area contributed by atoms with Crippen molar-refractivity contribution in [3.05, 3.63) is 43.0 Å². The number of rotatable bonds is 4. The molecule has 1 aromatic carbocycles. The molecule has 1 aliphatic rings. The number of nitrogens with zero attached hydrogens (tertiary/aromatic N) is 5. The molecule has 0 aliphatic heterocycles. The Balaban J connectivity index is 1.91. The summed E-state index contributed by atoms with van der Waals surface area (Å²) in [6.07, 6.45) is 5.91. The number of aryl methyl sites for hydroxylation is 1. The third-order valence-electron chi connectivity index (χ3n) is 4.77. The van der Waals surface area contributed by atoms with Gasteiger partial charge >= 0.3 is 0 Å². The molecule has 6 nitrogen and oxygen atoms in total. The van der Waals surface area contributed by atoms with E-state index in [9.17, 15) is 5.11 Å². The maximum Gasteiger partial charge on any atom is 0.177 e. The van der Waals surface area contributed by atoms with Gasteiger partial charge in [0.15, 0.2) is 5.82 Å². The molecule has 0 saturated heterocycles. The van der Waals surface area contributed by atoms with Crippen molar-refractivity contribution in [2.75, 3.05) is 0 Å². The summed E-state index contributed by atoms with van der Waals surface area (Å²) in [6.45, 7) is 2.79. The van der Waals surface area contributed by atoms with E-state index in [-0.39, 0.29) is 12.1 Å². The smallest absolute Gasteiger partial charge is 0.177 e. The number of aromatic nitrogens is 5. The molecule has 3 aromatic rings. The van der Waals surface area contributed by atoms with Crippen molar-refractivity contribution in [3.8, 4) is 22.8 Å². The third kappa shape index (κ3) is 2.43. The van der Waals surface area contributed by atoms with Gasteiger partial charge in [-0.1, -0.05) is 30.3 Å². The van der Waals surface area contributed by atoms with Crippen molar-refractivity contribution in [2.24, 2.45) is 0 Å². The van der Waals surface area contributed by atoms with Crippen LogP contribution < -0.4 is 0 Å². The number of benzene rings is 1. The number of hydrogen-bond acceptors (Lipinski definition) is 4. The summed E-state index contributed by atoms with van der Waals surface area (Å²) in [7, 11) is 0. The predicted octanol–water partition coefficient (Wildman–Crippen LogP) is 2.91. The van der Waals surface area contributed by atoms with Gasteiger partial charge in [-0.15, -0.1) is 0 Å². The maximum atomic E-state index is 10.4. The van der Waals surface area contributed by atoms with Gasteiger partial charge in [-0.05, 0) is 26.2 Å². The summed E-state index contributed by atoms with van der Waals surface area (Å²) < 4.78 is 3.97. The van der Waals surface area contributed by atoms with Crippen LogP contribution in [0.4, 0.5) is 0 Å². The van der Waals surface area contributed by atoms with Crippen LogP contribution in [0.1, 0.15) is 32.2 Å². The highest BCUT2D eigenvalue weighted by Crippen LogP contribution is 2.37.